The zero-order valence-corrected chi connectivity index (χ0v) is 17.1. The van der Waals surface area contributed by atoms with Crippen LogP contribution in [-0.2, 0) is 15.9 Å². The summed E-state index contributed by atoms with van der Waals surface area (Å²) >= 11 is 0. The predicted octanol–water partition coefficient (Wildman–Crippen LogP) is 4.26. The fraction of sp³-hybridized carbons (Fsp3) is 0.381. The highest BCUT2D eigenvalue weighted by molar-refractivity contribution is 6.61. The molecule has 1 aromatic rings. The molecule has 1 heterocycles. The van der Waals surface area contributed by atoms with E-state index in [2.05, 4.69) is 18.5 Å². The summed E-state index contributed by atoms with van der Waals surface area (Å²) in [5.41, 5.74) is 2.90. The lowest BCUT2D eigenvalue weighted by atomic mass is 9.73. The van der Waals surface area contributed by atoms with E-state index in [1.54, 1.807) is 25.1 Å². The number of benzene rings is 1. The first-order valence-electron chi connectivity index (χ1n) is 9.17. The molecule has 0 spiro atoms. The summed E-state index contributed by atoms with van der Waals surface area (Å²) in [6.07, 6.45) is 5.72. The molecule has 0 saturated carbocycles. The number of carbonyl (C=O) groups is 1. The Hall–Kier alpha value is -2.11. The van der Waals surface area contributed by atoms with Crippen LogP contribution in [0.4, 0.5) is 5.69 Å². The molecule has 4 nitrogen and oxygen atoms in total. The van der Waals surface area contributed by atoms with E-state index in [1.807, 2.05) is 46.8 Å². The molecule has 2 N–H and O–H groups in total. The Morgan fingerprint density at radius 3 is 2.31 bits per heavy atom. The molecular weight excluding hydrogens is 325 g/mol. The molecule has 0 bridgehead atoms. The Balaban J connectivity index is 0. The van der Waals surface area contributed by atoms with Crippen LogP contribution >= 0.6 is 0 Å². The van der Waals surface area contributed by atoms with Crippen LogP contribution in [0.25, 0.3) is 0 Å². The largest absolute Gasteiger partial charge is 0.491 e. The quantitative estimate of drug-likeness (QED) is 0.367. The monoisotopic (exact) mass is 359 g/mol. The number of fused-ring (bicyclic) bond motifs is 1. The number of amides is 1. The molecule has 0 radical (unpaired) electrons. The van der Waals surface area contributed by atoms with Gasteiger partial charge in [-0.25, -0.2) is 0 Å². The van der Waals surface area contributed by atoms with Gasteiger partial charge in [0, 0.05) is 17.9 Å². The van der Waals surface area contributed by atoms with Crippen LogP contribution in [0.1, 0.15) is 47.1 Å². The molecule has 1 aliphatic rings. The third-order valence-corrected chi connectivity index (χ3v) is 3.11. The van der Waals surface area contributed by atoms with Crippen molar-refractivity contribution in [3.05, 3.63) is 60.7 Å². The second kappa shape index (κ2) is 16.4. The zero-order chi connectivity index (χ0) is 20.5. The van der Waals surface area contributed by atoms with Gasteiger partial charge in [-0.2, -0.15) is 0 Å². The summed E-state index contributed by atoms with van der Waals surface area (Å²) in [7, 11) is -0.916. The summed E-state index contributed by atoms with van der Waals surface area (Å²) in [6.45, 7) is 19.1. The van der Waals surface area contributed by atoms with Gasteiger partial charge in [0.05, 0.1) is 0 Å². The summed E-state index contributed by atoms with van der Waals surface area (Å²) in [5.74, 6) is -0.219. The SMILES string of the molecule is C=C/C(=C\C)C(=O)Nc1ccc2c(c1)B(O)OCC2.C=CC.CC.CC. The Labute approximate surface area is 159 Å². The molecule has 0 aliphatic carbocycles. The standard InChI is InChI=1S/C14H16BNO3.C3H6.2C2H6/c1-3-10(4-2)14(17)16-12-6-5-11-7-8-19-15(18)13(11)9-12;1-3-2;2*1-2/h3-6,9,18H,1,7-8H2,2H3,(H,16,17);3H,1H2,2H3;2*1-2H3/b10-4+;;;. The first kappa shape index (κ1) is 26.1. The molecule has 0 unspecified atom stereocenters. The van der Waals surface area contributed by atoms with Gasteiger partial charge in [-0.05, 0) is 43.4 Å². The molecule has 2 rings (SSSR count). The first-order valence-corrected chi connectivity index (χ1v) is 9.17. The average Bonchev–Trinajstić information content (AvgIpc) is 2.67. The van der Waals surface area contributed by atoms with Crippen molar-refractivity contribution in [2.75, 3.05) is 11.9 Å². The number of hydrogen-bond donors (Lipinski definition) is 2. The van der Waals surface area contributed by atoms with Gasteiger partial charge in [0.1, 0.15) is 0 Å². The van der Waals surface area contributed by atoms with Gasteiger partial charge in [0.2, 0.25) is 0 Å². The Bertz CT molecular complexity index is 583. The van der Waals surface area contributed by atoms with Crippen LogP contribution in [0.5, 0.6) is 0 Å². The van der Waals surface area contributed by atoms with Gasteiger partial charge in [-0.3, -0.25) is 4.79 Å². The smallest absolute Gasteiger partial charge is 0.423 e. The van der Waals surface area contributed by atoms with Gasteiger partial charge < -0.3 is 15.0 Å². The maximum absolute atomic E-state index is 11.9. The maximum atomic E-state index is 11.9. The molecule has 0 aromatic heterocycles. The van der Waals surface area contributed by atoms with Crippen LogP contribution < -0.4 is 10.8 Å². The van der Waals surface area contributed by atoms with E-state index in [0.29, 0.717) is 23.3 Å². The number of anilines is 1. The highest BCUT2D eigenvalue weighted by atomic mass is 16.5. The number of carbonyl (C=O) groups excluding carboxylic acids is 1. The van der Waals surface area contributed by atoms with E-state index in [0.717, 1.165) is 12.0 Å². The van der Waals surface area contributed by atoms with Crippen molar-refractivity contribution in [2.24, 2.45) is 0 Å². The molecule has 26 heavy (non-hydrogen) atoms. The summed E-state index contributed by atoms with van der Waals surface area (Å²) < 4.78 is 5.17. The normalized spacial score (nSPS) is 11.8. The summed E-state index contributed by atoms with van der Waals surface area (Å²) in [6, 6.07) is 5.47. The van der Waals surface area contributed by atoms with E-state index in [1.165, 1.54) is 6.08 Å². The third-order valence-electron chi connectivity index (χ3n) is 3.11. The number of rotatable bonds is 3. The minimum absolute atomic E-state index is 0.219. The van der Waals surface area contributed by atoms with Crippen molar-refractivity contribution in [2.45, 2.75) is 48.0 Å². The second-order valence-electron chi connectivity index (χ2n) is 4.70. The highest BCUT2D eigenvalue weighted by Gasteiger charge is 2.25. The van der Waals surface area contributed by atoms with E-state index in [-0.39, 0.29) is 5.91 Å². The molecule has 0 fully saturated rings. The van der Waals surface area contributed by atoms with Gasteiger partial charge in [0.15, 0.2) is 0 Å². The van der Waals surface area contributed by atoms with Crippen LogP contribution in [0, 0.1) is 0 Å². The minimum atomic E-state index is -0.916. The Morgan fingerprint density at radius 2 is 1.81 bits per heavy atom. The number of nitrogens with one attached hydrogen (secondary N) is 1. The van der Waals surface area contributed by atoms with Gasteiger partial charge in [-0.1, -0.05) is 58.6 Å². The molecule has 1 aliphatic heterocycles. The number of allylic oxidation sites excluding steroid dienone is 2. The third kappa shape index (κ3) is 8.83. The van der Waals surface area contributed by atoms with Crippen molar-refractivity contribution >= 4 is 24.2 Å². The van der Waals surface area contributed by atoms with Crippen molar-refractivity contribution < 1.29 is 14.5 Å². The van der Waals surface area contributed by atoms with Crippen LogP contribution in [0.3, 0.4) is 0 Å². The maximum Gasteiger partial charge on any atom is 0.491 e. The lowest BCUT2D eigenvalue weighted by molar-refractivity contribution is -0.112. The van der Waals surface area contributed by atoms with Crippen LogP contribution in [-0.4, -0.2) is 24.7 Å². The topological polar surface area (TPSA) is 58.6 Å². The molecule has 1 aromatic carbocycles. The fourth-order valence-electron chi connectivity index (χ4n) is 2.05. The second-order valence-corrected chi connectivity index (χ2v) is 4.70. The van der Waals surface area contributed by atoms with E-state index in [4.69, 9.17) is 4.65 Å². The number of hydrogen-bond acceptors (Lipinski definition) is 3. The Kier molecular flexibility index (Phi) is 16.4. The first-order chi connectivity index (χ1) is 12.6. The molecule has 0 atom stereocenters. The fourth-order valence-corrected chi connectivity index (χ4v) is 2.05. The van der Waals surface area contributed by atoms with Gasteiger partial charge in [0.25, 0.3) is 5.91 Å². The molecule has 1 amide bonds. The molecular formula is C21H34BNO3. The lowest BCUT2D eigenvalue weighted by Crippen LogP contribution is -2.41. The minimum Gasteiger partial charge on any atom is -0.423 e. The van der Waals surface area contributed by atoms with Crippen molar-refractivity contribution in [3.63, 3.8) is 0 Å². The van der Waals surface area contributed by atoms with E-state index >= 15 is 0 Å². The van der Waals surface area contributed by atoms with Crippen molar-refractivity contribution in [1.29, 1.82) is 0 Å². The predicted molar refractivity (Wildman–Crippen MR) is 115 cm³/mol. The molecule has 5 heteroatoms. The van der Waals surface area contributed by atoms with E-state index < -0.39 is 7.12 Å². The van der Waals surface area contributed by atoms with E-state index in [9.17, 15) is 9.82 Å². The lowest BCUT2D eigenvalue weighted by Gasteiger charge is -2.19. The summed E-state index contributed by atoms with van der Waals surface area (Å²) in [4.78, 5) is 11.9. The van der Waals surface area contributed by atoms with Crippen molar-refractivity contribution in [3.8, 4) is 0 Å². The highest BCUT2D eigenvalue weighted by Crippen LogP contribution is 2.13. The van der Waals surface area contributed by atoms with Crippen LogP contribution in [0.15, 0.2) is 55.2 Å². The Morgan fingerprint density at radius 1 is 1.23 bits per heavy atom. The zero-order valence-electron chi connectivity index (χ0n) is 17.1. The molecule has 144 valence electrons. The van der Waals surface area contributed by atoms with Gasteiger partial charge in [-0.15, -0.1) is 6.58 Å². The van der Waals surface area contributed by atoms with Crippen molar-refractivity contribution in [1.82, 2.24) is 0 Å². The summed E-state index contributed by atoms with van der Waals surface area (Å²) in [5, 5.41) is 12.5. The molecule has 0 saturated heterocycles. The van der Waals surface area contributed by atoms with Gasteiger partial charge >= 0.3 is 7.12 Å². The average molecular weight is 359 g/mol. The van der Waals surface area contributed by atoms with Crippen LogP contribution in [0.2, 0.25) is 0 Å².